The molecule has 7 heteroatoms. The van der Waals surface area contributed by atoms with Crippen LogP contribution in [0.2, 0.25) is 0 Å². The van der Waals surface area contributed by atoms with Gasteiger partial charge in [-0.15, -0.1) is 5.10 Å². The molecule has 0 aliphatic heterocycles. The summed E-state index contributed by atoms with van der Waals surface area (Å²) in [6.07, 6.45) is 3.30. The van der Waals surface area contributed by atoms with Crippen LogP contribution in [0.4, 0.5) is 0 Å². The number of carbonyl (C=O) groups excluding carboxylic acids is 1. The Bertz CT molecular complexity index is 821. The SMILES string of the molecule is Cc1nn(C)c(C)c1C(=O)Oc1cccc(-n2ccnn2)c1. The molecule has 0 aliphatic carbocycles. The third-order valence-corrected chi connectivity index (χ3v) is 3.43. The van der Waals surface area contributed by atoms with Gasteiger partial charge in [0.1, 0.15) is 11.3 Å². The van der Waals surface area contributed by atoms with E-state index in [9.17, 15) is 4.79 Å². The number of esters is 1. The maximum absolute atomic E-state index is 12.4. The van der Waals surface area contributed by atoms with Gasteiger partial charge in [0.05, 0.1) is 23.8 Å². The lowest BCUT2D eigenvalue weighted by Crippen LogP contribution is -2.11. The van der Waals surface area contributed by atoms with Gasteiger partial charge >= 0.3 is 5.97 Å². The van der Waals surface area contributed by atoms with E-state index in [2.05, 4.69) is 15.4 Å². The number of nitrogens with zero attached hydrogens (tertiary/aromatic N) is 5. The van der Waals surface area contributed by atoms with Crippen molar-refractivity contribution in [2.24, 2.45) is 7.05 Å². The zero-order valence-electron chi connectivity index (χ0n) is 12.5. The zero-order valence-corrected chi connectivity index (χ0v) is 12.5. The van der Waals surface area contributed by atoms with E-state index < -0.39 is 5.97 Å². The molecule has 1 aromatic carbocycles. The van der Waals surface area contributed by atoms with Crippen LogP contribution in [-0.4, -0.2) is 30.7 Å². The van der Waals surface area contributed by atoms with E-state index in [-0.39, 0.29) is 0 Å². The normalized spacial score (nSPS) is 10.7. The molecule has 0 amide bonds. The fourth-order valence-electron chi connectivity index (χ4n) is 2.26. The quantitative estimate of drug-likeness (QED) is 0.544. The molecule has 0 spiro atoms. The van der Waals surface area contributed by atoms with Crippen molar-refractivity contribution in [1.29, 1.82) is 0 Å². The summed E-state index contributed by atoms with van der Waals surface area (Å²) in [5, 5.41) is 11.9. The Hall–Kier alpha value is -2.96. The molecule has 0 bridgehead atoms. The summed E-state index contributed by atoms with van der Waals surface area (Å²) in [5.74, 6) is 0.0273. The minimum absolute atomic E-state index is 0.418. The average molecular weight is 297 g/mol. The maximum atomic E-state index is 12.4. The molecule has 112 valence electrons. The number of hydrogen-bond acceptors (Lipinski definition) is 5. The van der Waals surface area contributed by atoms with Crippen LogP contribution in [0.15, 0.2) is 36.7 Å². The Labute approximate surface area is 127 Å². The number of hydrogen-bond donors (Lipinski definition) is 0. The van der Waals surface area contributed by atoms with Crippen LogP contribution in [0.3, 0.4) is 0 Å². The second-order valence-corrected chi connectivity index (χ2v) is 4.90. The number of aromatic nitrogens is 5. The molecule has 0 N–H and O–H groups in total. The highest BCUT2D eigenvalue weighted by Crippen LogP contribution is 2.19. The third-order valence-electron chi connectivity index (χ3n) is 3.43. The van der Waals surface area contributed by atoms with Crippen molar-refractivity contribution < 1.29 is 9.53 Å². The first-order valence-corrected chi connectivity index (χ1v) is 6.75. The summed E-state index contributed by atoms with van der Waals surface area (Å²) >= 11 is 0. The van der Waals surface area contributed by atoms with E-state index in [1.165, 1.54) is 0 Å². The Kier molecular flexibility index (Phi) is 3.46. The predicted molar refractivity (Wildman–Crippen MR) is 79.0 cm³/mol. The first-order valence-electron chi connectivity index (χ1n) is 6.75. The first-order chi connectivity index (χ1) is 10.6. The Morgan fingerprint density at radius 2 is 2.09 bits per heavy atom. The van der Waals surface area contributed by atoms with Crippen LogP contribution < -0.4 is 4.74 Å². The lowest BCUT2D eigenvalue weighted by atomic mass is 10.2. The summed E-state index contributed by atoms with van der Waals surface area (Å²) in [6, 6.07) is 7.10. The maximum Gasteiger partial charge on any atom is 0.347 e. The largest absolute Gasteiger partial charge is 0.423 e. The van der Waals surface area contributed by atoms with E-state index >= 15 is 0 Å². The summed E-state index contributed by atoms with van der Waals surface area (Å²) in [5.41, 5.74) is 2.68. The second-order valence-electron chi connectivity index (χ2n) is 4.90. The molecule has 3 aromatic rings. The highest BCUT2D eigenvalue weighted by molar-refractivity contribution is 5.93. The van der Waals surface area contributed by atoms with Crippen LogP contribution >= 0.6 is 0 Å². The van der Waals surface area contributed by atoms with Gasteiger partial charge in [0.15, 0.2) is 0 Å². The van der Waals surface area contributed by atoms with Crippen molar-refractivity contribution in [3.63, 3.8) is 0 Å². The number of aryl methyl sites for hydroxylation is 2. The predicted octanol–water partition coefficient (Wildman–Crippen LogP) is 1.84. The van der Waals surface area contributed by atoms with Crippen LogP contribution in [0.1, 0.15) is 21.7 Å². The fraction of sp³-hybridized carbons (Fsp3) is 0.200. The summed E-state index contributed by atoms with van der Waals surface area (Å²) < 4.78 is 8.72. The number of benzene rings is 1. The van der Waals surface area contributed by atoms with Gasteiger partial charge in [-0.3, -0.25) is 4.68 Å². The highest BCUT2D eigenvalue weighted by Gasteiger charge is 2.19. The molecule has 3 rings (SSSR count). The van der Waals surface area contributed by atoms with E-state index in [1.807, 2.05) is 13.0 Å². The molecule has 0 saturated carbocycles. The topological polar surface area (TPSA) is 74.8 Å². The van der Waals surface area contributed by atoms with Gasteiger partial charge < -0.3 is 4.74 Å². The Balaban J connectivity index is 1.87. The monoisotopic (exact) mass is 297 g/mol. The lowest BCUT2D eigenvalue weighted by Gasteiger charge is -2.06. The smallest absolute Gasteiger partial charge is 0.347 e. The molecule has 2 heterocycles. The van der Waals surface area contributed by atoms with E-state index in [1.54, 1.807) is 53.9 Å². The van der Waals surface area contributed by atoms with Crippen LogP contribution in [0, 0.1) is 13.8 Å². The number of carbonyl (C=O) groups is 1. The zero-order chi connectivity index (χ0) is 15.7. The van der Waals surface area contributed by atoms with Gasteiger partial charge in [0.25, 0.3) is 0 Å². The number of ether oxygens (including phenoxy) is 1. The summed E-state index contributed by atoms with van der Waals surface area (Å²) in [6.45, 7) is 3.62. The molecule has 2 aromatic heterocycles. The Morgan fingerprint density at radius 1 is 1.27 bits per heavy atom. The molecule has 0 unspecified atom stereocenters. The molecule has 0 radical (unpaired) electrons. The molecule has 0 fully saturated rings. The minimum atomic E-state index is -0.418. The van der Waals surface area contributed by atoms with Crippen molar-refractivity contribution >= 4 is 5.97 Å². The van der Waals surface area contributed by atoms with Crippen molar-refractivity contribution in [3.05, 3.63) is 53.6 Å². The van der Waals surface area contributed by atoms with Crippen LogP contribution in [-0.2, 0) is 7.05 Å². The van der Waals surface area contributed by atoms with Gasteiger partial charge in [-0.05, 0) is 26.0 Å². The van der Waals surface area contributed by atoms with Gasteiger partial charge in [0, 0.05) is 18.8 Å². The Morgan fingerprint density at radius 3 is 2.73 bits per heavy atom. The summed E-state index contributed by atoms with van der Waals surface area (Å²) in [4.78, 5) is 12.4. The minimum Gasteiger partial charge on any atom is -0.423 e. The van der Waals surface area contributed by atoms with E-state index in [4.69, 9.17) is 4.74 Å². The molecule has 0 aliphatic rings. The van der Waals surface area contributed by atoms with Gasteiger partial charge in [-0.1, -0.05) is 11.3 Å². The van der Waals surface area contributed by atoms with Gasteiger partial charge in [-0.25, -0.2) is 9.48 Å². The van der Waals surface area contributed by atoms with Crippen molar-refractivity contribution in [1.82, 2.24) is 24.8 Å². The van der Waals surface area contributed by atoms with Crippen molar-refractivity contribution in [2.75, 3.05) is 0 Å². The molecular weight excluding hydrogens is 282 g/mol. The second kappa shape index (κ2) is 5.44. The first kappa shape index (κ1) is 14.0. The fourth-order valence-corrected chi connectivity index (χ4v) is 2.26. The van der Waals surface area contributed by atoms with Gasteiger partial charge in [-0.2, -0.15) is 5.10 Å². The molecule has 0 atom stereocenters. The van der Waals surface area contributed by atoms with E-state index in [0.29, 0.717) is 17.0 Å². The van der Waals surface area contributed by atoms with Crippen molar-refractivity contribution in [2.45, 2.75) is 13.8 Å². The lowest BCUT2D eigenvalue weighted by molar-refractivity contribution is 0.0733. The third kappa shape index (κ3) is 2.48. The number of rotatable bonds is 3. The molecule has 7 nitrogen and oxygen atoms in total. The van der Waals surface area contributed by atoms with Gasteiger partial charge in [0.2, 0.25) is 0 Å². The molecular formula is C15H15N5O2. The van der Waals surface area contributed by atoms with Crippen LogP contribution in [0.25, 0.3) is 5.69 Å². The molecule has 22 heavy (non-hydrogen) atoms. The molecule has 0 saturated heterocycles. The standard InChI is InChI=1S/C15H15N5O2/c1-10-14(11(2)19(3)17-10)15(21)22-13-6-4-5-12(9-13)20-8-7-16-18-20/h4-9H,1-3H3. The highest BCUT2D eigenvalue weighted by atomic mass is 16.5. The summed E-state index contributed by atoms with van der Waals surface area (Å²) in [7, 11) is 1.80. The van der Waals surface area contributed by atoms with E-state index in [0.717, 1.165) is 11.4 Å². The van der Waals surface area contributed by atoms with Crippen molar-refractivity contribution in [3.8, 4) is 11.4 Å². The average Bonchev–Trinajstić information content (AvgIpc) is 3.09. The van der Waals surface area contributed by atoms with Crippen LogP contribution in [0.5, 0.6) is 5.75 Å².